The highest BCUT2D eigenvalue weighted by atomic mass is 19.3. The highest BCUT2D eigenvalue weighted by molar-refractivity contribution is 5.86. The van der Waals surface area contributed by atoms with Gasteiger partial charge in [0.1, 0.15) is 17.9 Å². The van der Waals surface area contributed by atoms with Crippen LogP contribution in [-0.2, 0) is 11.2 Å². The summed E-state index contributed by atoms with van der Waals surface area (Å²) in [6.45, 7) is -0.327. The van der Waals surface area contributed by atoms with E-state index >= 15 is 0 Å². The summed E-state index contributed by atoms with van der Waals surface area (Å²) in [6.07, 6.45) is -1.97. The van der Waals surface area contributed by atoms with Crippen molar-refractivity contribution in [2.24, 2.45) is 0 Å². The summed E-state index contributed by atoms with van der Waals surface area (Å²) in [7, 11) is 0. The largest absolute Gasteiger partial charge is 0.397 e. The first-order valence-corrected chi connectivity index (χ1v) is 5.26. The highest BCUT2D eigenvalue weighted by Gasteiger charge is 2.06. The minimum absolute atomic E-state index is 0.212. The number of hydrogen-bond donors (Lipinski definition) is 2. The maximum absolute atomic E-state index is 11.8. The zero-order chi connectivity index (χ0) is 12.3. The molecular formula is C11H13F2N3O. The number of nitrogens with zero attached hydrogens (tertiary/aromatic N) is 1. The summed E-state index contributed by atoms with van der Waals surface area (Å²) in [4.78, 5) is 7.35. The van der Waals surface area contributed by atoms with Gasteiger partial charge < -0.3 is 15.5 Å². The van der Waals surface area contributed by atoms with Gasteiger partial charge in [-0.3, -0.25) is 0 Å². The lowest BCUT2D eigenvalue weighted by atomic mass is 10.3. The first kappa shape index (κ1) is 11.8. The first-order valence-electron chi connectivity index (χ1n) is 5.26. The Morgan fingerprint density at radius 1 is 1.41 bits per heavy atom. The standard InChI is InChI=1S/C11H13F2N3O/c12-9(13)6-17-5-4-10-15-8-3-1-2-7(14)11(8)16-10/h1-3,9H,4-6,14H2,(H,15,16). The molecule has 0 bridgehead atoms. The first-order chi connectivity index (χ1) is 8.16. The number of imidazole rings is 1. The van der Waals surface area contributed by atoms with E-state index < -0.39 is 13.0 Å². The molecule has 0 saturated carbocycles. The SMILES string of the molecule is Nc1cccc2[nH]c(CCOCC(F)F)nc12. The van der Waals surface area contributed by atoms with Crippen molar-refractivity contribution in [3.8, 4) is 0 Å². The third kappa shape index (κ3) is 2.91. The molecule has 6 heteroatoms. The summed E-state index contributed by atoms with van der Waals surface area (Å²) in [6, 6.07) is 5.45. The number of halogens is 2. The molecule has 0 aliphatic carbocycles. The molecule has 0 aliphatic heterocycles. The summed E-state index contributed by atoms with van der Waals surface area (Å²) in [5.74, 6) is 0.687. The Kier molecular flexibility index (Phi) is 3.53. The maximum atomic E-state index is 11.8. The average molecular weight is 241 g/mol. The van der Waals surface area contributed by atoms with Gasteiger partial charge in [-0.15, -0.1) is 0 Å². The Hall–Kier alpha value is -1.69. The molecule has 0 unspecified atom stereocenters. The highest BCUT2D eigenvalue weighted by Crippen LogP contribution is 2.18. The fraction of sp³-hybridized carbons (Fsp3) is 0.364. The predicted molar refractivity (Wildman–Crippen MR) is 61.0 cm³/mol. The Labute approximate surface area is 96.8 Å². The van der Waals surface area contributed by atoms with Gasteiger partial charge in [0.05, 0.1) is 17.8 Å². The van der Waals surface area contributed by atoms with Crippen molar-refractivity contribution in [1.82, 2.24) is 9.97 Å². The van der Waals surface area contributed by atoms with Gasteiger partial charge in [-0.05, 0) is 12.1 Å². The Morgan fingerprint density at radius 3 is 2.94 bits per heavy atom. The Bertz CT molecular complexity index is 498. The van der Waals surface area contributed by atoms with Crippen molar-refractivity contribution in [3.63, 3.8) is 0 Å². The normalized spacial score (nSPS) is 11.5. The van der Waals surface area contributed by atoms with Gasteiger partial charge in [0, 0.05) is 6.42 Å². The summed E-state index contributed by atoms with van der Waals surface area (Å²) >= 11 is 0. The van der Waals surface area contributed by atoms with Gasteiger partial charge in [0.2, 0.25) is 0 Å². The van der Waals surface area contributed by atoms with Gasteiger partial charge in [-0.2, -0.15) is 0 Å². The zero-order valence-electron chi connectivity index (χ0n) is 9.12. The number of H-pyrrole nitrogens is 1. The van der Waals surface area contributed by atoms with Crippen LogP contribution >= 0.6 is 0 Å². The van der Waals surface area contributed by atoms with Crippen LogP contribution in [0, 0.1) is 0 Å². The van der Waals surface area contributed by atoms with Crippen molar-refractivity contribution < 1.29 is 13.5 Å². The zero-order valence-corrected chi connectivity index (χ0v) is 9.12. The quantitative estimate of drug-likeness (QED) is 0.621. The molecule has 2 aromatic rings. The lowest BCUT2D eigenvalue weighted by Gasteiger charge is -2.00. The molecule has 3 N–H and O–H groups in total. The fourth-order valence-corrected chi connectivity index (χ4v) is 1.57. The molecule has 4 nitrogen and oxygen atoms in total. The predicted octanol–water partition coefficient (Wildman–Crippen LogP) is 1.97. The minimum atomic E-state index is -2.43. The molecule has 0 fully saturated rings. The second kappa shape index (κ2) is 5.09. The van der Waals surface area contributed by atoms with E-state index in [1.54, 1.807) is 6.07 Å². The van der Waals surface area contributed by atoms with E-state index in [0.29, 0.717) is 23.4 Å². The van der Waals surface area contributed by atoms with E-state index in [4.69, 9.17) is 10.5 Å². The number of para-hydroxylation sites is 1. The molecule has 2 rings (SSSR count). The van der Waals surface area contributed by atoms with Gasteiger partial charge >= 0.3 is 0 Å². The van der Waals surface area contributed by atoms with Crippen LogP contribution in [0.2, 0.25) is 0 Å². The van der Waals surface area contributed by atoms with Crippen LogP contribution in [0.15, 0.2) is 18.2 Å². The third-order valence-corrected chi connectivity index (χ3v) is 2.32. The molecule has 0 atom stereocenters. The number of alkyl halides is 2. The van der Waals surface area contributed by atoms with E-state index in [2.05, 4.69) is 9.97 Å². The van der Waals surface area contributed by atoms with Crippen LogP contribution in [0.25, 0.3) is 11.0 Å². The van der Waals surface area contributed by atoms with E-state index in [9.17, 15) is 8.78 Å². The van der Waals surface area contributed by atoms with Crippen molar-refractivity contribution in [2.75, 3.05) is 18.9 Å². The molecule has 1 heterocycles. The van der Waals surface area contributed by atoms with Crippen LogP contribution in [0.1, 0.15) is 5.82 Å². The van der Waals surface area contributed by atoms with E-state index in [1.807, 2.05) is 12.1 Å². The minimum Gasteiger partial charge on any atom is -0.397 e. The molecule has 0 radical (unpaired) electrons. The summed E-state index contributed by atoms with van der Waals surface area (Å²) < 4.78 is 28.4. The second-order valence-corrected chi connectivity index (χ2v) is 3.64. The Morgan fingerprint density at radius 2 is 2.24 bits per heavy atom. The molecule has 92 valence electrons. The van der Waals surface area contributed by atoms with Crippen molar-refractivity contribution in [2.45, 2.75) is 12.8 Å². The number of rotatable bonds is 5. The molecule has 0 amide bonds. The van der Waals surface area contributed by atoms with Crippen molar-refractivity contribution >= 4 is 16.7 Å². The molecule has 0 saturated heterocycles. The van der Waals surface area contributed by atoms with E-state index in [-0.39, 0.29) is 6.61 Å². The van der Waals surface area contributed by atoms with Crippen LogP contribution in [-0.4, -0.2) is 29.6 Å². The molecular weight excluding hydrogens is 228 g/mol. The van der Waals surface area contributed by atoms with Crippen LogP contribution in [0.3, 0.4) is 0 Å². The molecule has 0 aliphatic rings. The van der Waals surface area contributed by atoms with Gasteiger partial charge in [-0.25, -0.2) is 13.8 Å². The number of nitrogens with one attached hydrogen (secondary N) is 1. The van der Waals surface area contributed by atoms with Crippen LogP contribution < -0.4 is 5.73 Å². The number of nitrogens with two attached hydrogens (primary N) is 1. The van der Waals surface area contributed by atoms with Crippen LogP contribution in [0.5, 0.6) is 0 Å². The number of fused-ring (bicyclic) bond motifs is 1. The summed E-state index contributed by atoms with van der Waals surface area (Å²) in [5.41, 5.74) is 7.89. The topological polar surface area (TPSA) is 63.9 Å². The monoisotopic (exact) mass is 241 g/mol. The van der Waals surface area contributed by atoms with Crippen molar-refractivity contribution in [3.05, 3.63) is 24.0 Å². The summed E-state index contributed by atoms with van der Waals surface area (Å²) in [5, 5.41) is 0. The Balaban J connectivity index is 1.98. The third-order valence-electron chi connectivity index (χ3n) is 2.32. The van der Waals surface area contributed by atoms with E-state index in [0.717, 1.165) is 5.52 Å². The average Bonchev–Trinajstić information content (AvgIpc) is 2.69. The number of ether oxygens (including phenoxy) is 1. The van der Waals surface area contributed by atoms with Crippen LogP contribution in [0.4, 0.5) is 14.5 Å². The number of anilines is 1. The molecule has 17 heavy (non-hydrogen) atoms. The molecule has 1 aromatic heterocycles. The molecule has 0 spiro atoms. The fourth-order valence-electron chi connectivity index (χ4n) is 1.57. The number of nitrogen functional groups attached to an aromatic ring is 1. The second-order valence-electron chi connectivity index (χ2n) is 3.64. The van der Waals surface area contributed by atoms with Crippen molar-refractivity contribution in [1.29, 1.82) is 0 Å². The van der Waals surface area contributed by atoms with Gasteiger partial charge in [-0.1, -0.05) is 6.07 Å². The smallest absolute Gasteiger partial charge is 0.261 e. The van der Waals surface area contributed by atoms with Gasteiger partial charge in [0.25, 0.3) is 6.43 Å². The number of hydrogen-bond acceptors (Lipinski definition) is 3. The lowest BCUT2D eigenvalue weighted by molar-refractivity contribution is 0.0183. The number of benzene rings is 1. The lowest BCUT2D eigenvalue weighted by Crippen LogP contribution is -2.07. The van der Waals surface area contributed by atoms with E-state index in [1.165, 1.54) is 0 Å². The number of aromatic nitrogens is 2. The maximum Gasteiger partial charge on any atom is 0.261 e. The number of aromatic amines is 1. The molecule has 1 aromatic carbocycles. The van der Waals surface area contributed by atoms with Gasteiger partial charge in [0.15, 0.2) is 0 Å².